The maximum atomic E-state index is 13.5. The number of nitrogens with one attached hydrogen (secondary N) is 1. The summed E-state index contributed by atoms with van der Waals surface area (Å²) < 4.78 is 31.4. The number of hydrogen-bond acceptors (Lipinski definition) is 7. The van der Waals surface area contributed by atoms with Crippen molar-refractivity contribution >= 4 is 17.7 Å². The van der Waals surface area contributed by atoms with E-state index in [0.717, 1.165) is 30.0 Å². The standard InChI is InChI=1S/C10H9F2N5OS/c1-18-9-14-8(17-13)15-10(16-9)19-7-4-5(11)2-3-6(7)12/h2-4H,13H2,1H3,(H,14,15,16,17). The topological polar surface area (TPSA) is 86.0 Å². The number of hydrogen-bond donors (Lipinski definition) is 2. The lowest BCUT2D eigenvalue weighted by Gasteiger charge is -2.05. The van der Waals surface area contributed by atoms with Crippen LogP contribution in [0.5, 0.6) is 6.01 Å². The van der Waals surface area contributed by atoms with E-state index in [1.807, 2.05) is 0 Å². The molecule has 19 heavy (non-hydrogen) atoms. The maximum Gasteiger partial charge on any atom is 0.322 e. The number of hydrazine groups is 1. The summed E-state index contributed by atoms with van der Waals surface area (Å²) >= 11 is 0.835. The zero-order valence-electron chi connectivity index (χ0n) is 9.72. The average molecular weight is 285 g/mol. The molecule has 0 aliphatic carbocycles. The second-order valence-corrected chi connectivity index (χ2v) is 4.26. The maximum absolute atomic E-state index is 13.5. The van der Waals surface area contributed by atoms with Gasteiger partial charge >= 0.3 is 6.01 Å². The lowest BCUT2D eigenvalue weighted by atomic mass is 10.3. The third kappa shape index (κ3) is 3.26. The molecule has 1 heterocycles. The first kappa shape index (κ1) is 13.4. The quantitative estimate of drug-likeness (QED) is 0.651. The van der Waals surface area contributed by atoms with E-state index >= 15 is 0 Å². The highest BCUT2D eigenvalue weighted by Crippen LogP contribution is 2.29. The van der Waals surface area contributed by atoms with Crippen LogP contribution in [0.4, 0.5) is 14.7 Å². The number of aromatic nitrogens is 3. The minimum Gasteiger partial charge on any atom is -0.467 e. The molecule has 0 saturated heterocycles. The first-order valence-electron chi connectivity index (χ1n) is 5.02. The molecule has 9 heteroatoms. The number of nitrogens with two attached hydrogens (primary N) is 1. The van der Waals surface area contributed by atoms with Crippen molar-refractivity contribution in [2.24, 2.45) is 5.84 Å². The molecule has 0 amide bonds. The van der Waals surface area contributed by atoms with Gasteiger partial charge in [-0.3, -0.25) is 5.43 Å². The van der Waals surface area contributed by atoms with Gasteiger partial charge in [-0.25, -0.2) is 14.6 Å². The van der Waals surface area contributed by atoms with Crippen LogP contribution in [0.2, 0.25) is 0 Å². The van der Waals surface area contributed by atoms with Gasteiger partial charge in [-0.05, 0) is 30.0 Å². The Kier molecular flexibility index (Phi) is 4.07. The Morgan fingerprint density at radius 1 is 1.26 bits per heavy atom. The fraction of sp³-hybridized carbons (Fsp3) is 0.100. The third-order valence-electron chi connectivity index (χ3n) is 2.00. The summed E-state index contributed by atoms with van der Waals surface area (Å²) in [7, 11) is 1.37. The van der Waals surface area contributed by atoms with E-state index in [2.05, 4.69) is 20.4 Å². The van der Waals surface area contributed by atoms with E-state index in [-0.39, 0.29) is 22.0 Å². The zero-order chi connectivity index (χ0) is 13.8. The van der Waals surface area contributed by atoms with Crippen LogP contribution in [0.15, 0.2) is 28.3 Å². The molecule has 0 aliphatic rings. The number of rotatable bonds is 4. The Hall–Kier alpha value is -2.00. The van der Waals surface area contributed by atoms with Crippen LogP contribution in [-0.2, 0) is 0 Å². The van der Waals surface area contributed by atoms with E-state index in [4.69, 9.17) is 10.6 Å². The van der Waals surface area contributed by atoms with Gasteiger partial charge in [0.1, 0.15) is 11.6 Å². The summed E-state index contributed by atoms with van der Waals surface area (Å²) in [5, 5.41) is 0.129. The lowest BCUT2D eigenvalue weighted by molar-refractivity contribution is 0.373. The predicted octanol–water partition coefficient (Wildman–Crippen LogP) is 1.60. The van der Waals surface area contributed by atoms with Crippen LogP contribution in [0.25, 0.3) is 0 Å². The molecule has 2 aromatic rings. The lowest BCUT2D eigenvalue weighted by Crippen LogP contribution is -2.12. The van der Waals surface area contributed by atoms with Crippen LogP contribution in [-0.4, -0.2) is 22.1 Å². The van der Waals surface area contributed by atoms with Gasteiger partial charge in [0.05, 0.1) is 12.0 Å². The van der Waals surface area contributed by atoms with Gasteiger partial charge < -0.3 is 4.74 Å². The summed E-state index contributed by atoms with van der Waals surface area (Å²) in [6, 6.07) is 3.12. The number of nitrogens with zero attached hydrogens (tertiary/aromatic N) is 3. The van der Waals surface area contributed by atoms with Gasteiger partial charge in [0.15, 0.2) is 0 Å². The highest BCUT2D eigenvalue weighted by Gasteiger charge is 2.11. The molecule has 0 fully saturated rings. The molecular weight excluding hydrogens is 276 g/mol. The molecule has 0 unspecified atom stereocenters. The fourth-order valence-corrected chi connectivity index (χ4v) is 1.98. The van der Waals surface area contributed by atoms with Gasteiger partial charge in [-0.2, -0.15) is 15.0 Å². The molecule has 3 N–H and O–H groups in total. The molecular formula is C10H9F2N5OS. The highest BCUT2D eigenvalue weighted by atomic mass is 32.2. The molecule has 6 nitrogen and oxygen atoms in total. The van der Waals surface area contributed by atoms with Crippen LogP contribution in [0.3, 0.4) is 0 Å². The Morgan fingerprint density at radius 2 is 2.05 bits per heavy atom. The first-order chi connectivity index (χ1) is 9.12. The molecule has 0 atom stereocenters. The van der Waals surface area contributed by atoms with Crippen molar-refractivity contribution in [3.8, 4) is 6.01 Å². The van der Waals surface area contributed by atoms with E-state index in [1.54, 1.807) is 0 Å². The number of anilines is 1. The van der Waals surface area contributed by atoms with Gasteiger partial charge in [0.2, 0.25) is 11.1 Å². The van der Waals surface area contributed by atoms with Gasteiger partial charge in [-0.15, -0.1) is 0 Å². The molecule has 1 aromatic carbocycles. The Labute approximate surface area is 111 Å². The highest BCUT2D eigenvalue weighted by molar-refractivity contribution is 7.99. The Balaban J connectivity index is 2.34. The monoisotopic (exact) mass is 285 g/mol. The number of benzene rings is 1. The van der Waals surface area contributed by atoms with Crippen molar-refractivity contribution < 1.29 is 13.5 Å². The molecule has 0 spiro atoms. The van der Waals surface area contributed by atoms with Gasteiger partial charge in [0.25, 0.3) is 0 Å². The van der Waals surface area contributed by atoms with Crippen molar-refractivity contribution in [2.75, 3.05) is 12.5 Å². The smallest absolute Gasteiger partial charge is 0.322 e. The number of methoxy groups -OCH3 is 1. The van der Waals surface area contributed by atoms with Crippen molar-refractivity contribution in [1.82, 2.24) is 15.0 Å². The largest absolute Gasteiger partial charge is 0.467 e. The molecule has 100 valence electrons. The Morgan fingerprint density at radius 3 is 2.74 bits per heavy atom. The predicted molar refractivity (Wildman–Crippen MR) is 64.7 cm³/mol. The minimum absolute atomic E-state index is 0.0160. The first-order valence-corrected chi connectivity index (χ1v) is 5.83. The summed E-state index contributed by atoms with van der Waals surface area (Å²) in [4.78, 5) is 11.6. The van der Waals surface area contributed by atoms with Crippen molar-refractivity contribution in [2.45, 2.75) is 10.1 Å². The van der Waals surface area contributed by atoms with E-state index < -0.39 is 11.6 Å². The SMILES string of the molecule is COc1nc(NN)nc(Sc2cc(F)ccc2F)n1. The van der Waals surface area contributed by atoms with Crippen molar-refractivity contribution in [3.63, 3.8) is 0 Å². The number of ether oxygens (including phenoxy) is 1. The average Bonchev–Trinajstić information content (AvgIpc) is 2.42. The van der Waals surface area contributed by atoms with Gasteiger partial charge in [-0.1, -0.05) is 0 Å². The van der Waals surface area contributed by atoms with E-state index in [0.29, 0.717) is 0 Å². The van der Waals surface area contributed by atoms with Crippen LogP contribution < -0.4 is 16.0 Å². The number of halogens is 2. The van der Waals surface area contributed by atoms with Gasteiger partial charge in [0, 0.05) is 0 Å². The van der Waals surface area contributed by atoms with Crippen LogP contribution in [0, 0.1) is 11.6 Å². The second-order valence-electron chi connectivity index (χ2n) is 3.25. The summed E-state index contributed by atoms with van der Waals surface area (Å²) in [6.45, 7) is 0. The van der Waals surface area contributed by atoms with E-state index in [1.165, 1.54) is 7.11 Å². The Bertz CT molecular complexity index is 576. The summed E-state index contributed by atoms with van der Waals surface area (Å²) in [5.41, 5.74) is 2.23. The normalized spacial score (nSPS) is 10.3. The fourth-order valence-electron chi connectivity index (χ4n) is 1.19. The zero-order valence-corrected chi connectivity index (χ0v) is 10.5. The minimum atomic E-state index is -0.576. The molecule has 2 rings (SSSR count). The summed E-state index contributed by atoms with van der Waals surface area (Å²) in [5.74, 6) is 4.12. The van der Waals surface area contributed by atoms with Crippen LogP contribution in [0.1, 0.15) is 0 Å². The molecule has 0 saturated carbocycles. The second kappa shape index (κ2) is 5.76. The third-order valence-corrected chi connectivity index (χ3v) is 2.90. The van der Waals surface area contributed by atoms with Crippen LogP contribution >= 0.6 is 11.8 Å². The molecule has 0 bridgehead atoms. The molecule has 0 aliphatic heterocycles. The summed E-state index contributed by atoms with van der Waals surface area (Å²) in [6.07, 6.45) is 0. The number of nitrogen functional groups attached to an aromatic ring is 1. The van der Waals surface area contributed by atoms with E-state index in [9.17, 15) is 8.78 Å². The van der Waals surface area contributed by atoms with Crippen molar-refractivity contribution in [3.05, 3.63) is 29.8 Å². The molecule has 1 aromatic heterocycles. The molecule has 0 radical (unpaired) electrons. The van der Waals surface area contributed by atoms with Crippen molar-refractivity contribution in [1.29, 1.82) is 0 Å².